The van der Waals surface area contributed by atoms with Gasteiger partial charge in [-0.3, -0.25) is 25.0 Å². The number of hydrogen-bond donors (Lipinski definition) is 1. The molecule has 7 nitrogen and oxygen atoms in total. The molecule has 0 spiro atoms. The van der Waals surface area contributed by atoms with Crippen LogP contribution in [0.3, 0.4) is 0 Å². The number of nitrogens with one attached hydrogen (secondary N) is 1. The van der Waals surface area contributed by atoms with Crippen molar-refractivity contribution in [3.05, 3.63) is 31.9 Å². The molecule has 94 valence electrons. The number of piperazine rings is 1. The molecule has 18 heavy (non-hydrogen) atoms. The number of carbonyl (C=O) groups excluding carboxylic acids is 2. The summed E-state index contributed by atoms with van der Waals surface area (Å²) in [6.07, 6.45) is 0. The van der Waals surface area contributed by atoms with Gasteiger partial charge >= 0.3 is 0 Å². The zero-order valence-corrected chi connectivity index (χ0v) is 11.2. The summed E-state index contributed by atoms with van der Waals surface area (Å²) in [5, 5.41) is 12.9. The summed E-state index contributed by atoms with van der Waals surface area (Å²) in [7, 11) is 0. The van der Waals surface area contributed by atoms with Crippen LogP contribution in [0.1, 0.15) is 0 Å². The van der Waals surface area contributed by atoms with E-state index in [0.29, 0.717) is 9.26 Å². The zero-order valence-electron chi connectivity index (χ0n) is 9.05. The molecule has 0 saturated carbocycles. The van der Waals surface area contributed by atoms with E-state index in [9.17, 15) is 19.7 Å². The fraction of sp³-hybridized carbons (Fsp3) is 0.200. The smallest absolute Gasteiger partial charge is 0.282 e. The maximum atomic E-state index is 11.2. The van der Waals surface area contributed by atoms with Gasteiger partial charge in [-0.15, -0.1) is 0 Å². The Morgan fingerprint density at radius 3 is 2.39 bits per heavy atom. The van der Waals surface area contributed by atoms with Gasteiger partial charge in [0.1, 0.15) is 0 Å². The first-order chi connectivity index (χ1) is 8.47. The van der Waals surface area contributed by atoms with E-state index < -0.39 is 4.92 Å². The van der Waals surface area contributed by atoms with Crippen LogP contribution in [-0.4, -0.2) is 29.8 Å². The van der Waals surface area contributed by atoms with Crippen molar-refractivity contribution in [2.45, 2.75) is 0 Å². The maximum absolute atomic E-state index is 11.2. The third kappa shape index (κ3) is 2.58. The van der Waals surface area contributed by atoms with Crippen LogP contribution in [0.5, 0.6) is 0 Å². The summed E-state index contributed by atoms with van der Waals surface area (Å²) in [5.41, 5.74) is 0.625. The summed E-state index contributed by atoms with van der Waals surface area (Å²) in [4.78, 5) is 34.3. The number of amides is 2. The number of rotatable bonds is 2. The second-order valence-corrected chi connectivity index (χ2v) is 4.88. The zero-order chi connectivity index (χ0) is 13.3. The molecule has 0 aliphatic carbocycles. The number of carbonyl (C=O) groups is 2. The number of nitrogens with zero attached hydrogens (tertiary/aromatic N) is 2. The van der Waals surface area contributed by atoms with E-state index in [-0.39, 0.29) is 30.6 Å². The van der Waals surface area contributed by atoms with Crippen molar-refractivity contribution in [2.75, 3.05) is 18.0 Å². The highest BCUT2D eigenvalue weighted by atomic mass is 127. The van der Waals surface area contributed by atoms with E-state index >= 15 is 0 Å². The van der Waals surface area contributed by atoms with Gasteiger partial charge in [-0.1, -0.05) is 0 Å². The Bertz CT molecular complexity index is 530. The molecule has 2 rings (SSSR count). The number of nitro benzene ring substituents is 1. The molecule has 1 N–H and O–H groups in total. The van der Waals surface area contributed by atoms with Crippen LogP contribution >= 0.6 is 22.6 Å². The van der Waals surface area contributed by atoms with Gasteiger partial charge in [0.25, 0.3) is 5.69 Å². The summed E-state index contributed by atoms with van der Waals surface area (Å²) in [5.74, 6) is -0.751. The van der Waals surface area contributed by atoms with Gasteiger partial charge in [0.05, 0.1) is 21.6 Å². The molecule has 1 aromatic carbocycles. The molecule has 0 atom stereocenters. The van der Waals surface area contributed by atoms with Gasteiger partial charge in [-0.2, -0.15) is 0 Å². The van der Waals surface area contributed by atoms with Crippen molar-refractivity contribution < 1.29 is 14.5 Å². The Morgan fingerprint density at radius 2 is 1.89 bits per heavy atom. The molecule has 0 radical (unpaired) electrons. The minimum atomic E-state index is -0.473. The second-order valence-electron chi connectivity index (χ2n) is 3.72. The second kappa shape index (κ2) is 4.88. The third-order valence-corrected chi connectivity index (χ3v) is 3.30. The molecule has 0 aromatic heterocycles. The molecule has 1 fully saturated rings. The fourth-order valence-electron chi connectivity index (χ4n) is 1.66. The van der Waals surface area contributed by atoms with Crippen molar-refractivity contribution in [3.8, 4) is 0 Å². The van der Waals surface area contributed by atoms with Gasteiger partial charge < -0.3 is 4.90 Å². The maximum Gasteiger partial charge on any atom is 0.282 e. The highest BCUT2D eigenvalue weighted by Crippen LogP contribution is 2.26. The van der Waals surface area contributed by atoms with Crippen molar-refractivity contribution in [2.24, 2.45) is 0 Å². The lowest BCUT2D eigenvalue weighted by Crippen LogP contribution is -2.51. The van der Waals surface area contributed by atoms with E-state index in [4.69, 9.17) is 0 Å². The number of hydrogen-bond acceptors (Lipinski definition) is 5. The van der Waals surface area contributed by atoms with E-state index in [1.165, 1.54) is 12.1 Å². The van der Waals surface area contributed by atoms with E-state index in [2.05, 4.69) is 5.32 Å². The van der Waals surface area contributed by atoms with E-state index in [1.54, 1.807) is 11.0 Å². The van der Waals surface area contributed by atoms with Gasteiger partial charge in [-0.05, 0) is 34.7 Å². The van der Waals surface area contributed by atoms with Crippen LogP contribution in [0.25, 0.3) is 0 Å². The lowest BCUT2D eigenvalue weighted by Gasteiger charge is -2.27. The third-order valence-electron chi connectivity index (χ3n) is 2.44. The topological polar surface area (TPSA) is 92.6 Å². The highest BCUT2D eigenvalue weighted by Gasteiger charge is 2.23. The molecule has 0 bridgehead atoms. The minimum absolute atomic E-state index is 0.00661. The molecule has 1 heterocycles. The first-order valence-corrected chi connectivity index (χ1v) is 6.07. The predicted octanol–water partition coefficient (Wildman–Crippen LogP) is 0.662. The highest BCUT2D eigenvalue weighted by molar-refractivity contribution is 14.1. The Balaban J connectivity index is 2.29. The summed E-state index contributed by atoms with van der Waals surface area (Å²) in [6, 6.07) is 4.49. The Kier molecular flexibility index (Phi) is 3.45. The monoisotopic (exact) mass is 361 g/mol. The molecule has 2 amide bonds. The van der Waals surface area contributed by atoms with Crippen molar-refractivity contribution in [1.82, 2.24) is 5.32 Å². The molecule has 1 aromatic rings. The van der Waals surface area contributed by atoms with Crippen molar-refractivity contribution in [3.63, 3.8) is 0 Å². The van der Waals surface area contributed by atoms with E-state index in [0.717, 1.165) is 0 Å². The van der Waals surface area contributed by atoms with Gasteiger partial charge in [0.2, 0.25) is 11.8 Å². The number of nitro groups is 1. The number of anilines is 1. The quantitative estimate of drug-likeness (QED) is 0.362. The van der Waals surface area contributed by atoms with Crippen LogP contribution in [-0.2, 0) is 9.59 Å². The molecular formula is C10H8IN3O4. The molecule has 0 unspecified atom stereocenters. The summed E-state index contributed by atoms with van der Waals surface area (Å²) >= 11 is 1.85. The SMILES string of the molecule is O=C1CN(c2ccc([N+](=O)[O-])c(I)c2)CC(=O)N1. The molecule has 1 aliphatic heterocycles. The number of benzene rings is 1. The predicted molar refractivity (Wildman–Crippen MR) is 71.2 cm³/mol. The van der Waals surface area contributed by atoms with Gasteiger partial charge in [-0.25, -0.2) is 0 Å². The first-order valence-electron chi connectivity index (χ1n) is 4.99. The standard InChI is InChI=1S/C10H8IN3O4/c11-7-3-6(1-2-8(7)14(17)18)13-4-9(15)12-10(16)5-13/h1-3H,4-5H2,(H,12,15,16). The molecular weight excluding hydrogens is 353 g/mol. The Labute approximate surface area is 115 Å². The van der Waals surface area contributed by atoms with Gasteiger partial charge in [0, 0.05) is 11.8 Å². The minimum Gasteiger partial charge on any atom is -0.353 e. The first kappa shape index (κ1) is 12.7. The fourth-order valence-corrected chi connectivity index (χ4v) is 2.36. The lowest BCUT2D eigenvalue weighted by atomic mass is 10.2. The van der Waals surface area contributed by atoms with Crippen LogP contribution < -0.4 is 10.2 Å². The van der Waals surface area contributed by atoms with E-state index in [1.807, 2.05) is 22.6 Å². The Morgan fingerprint density at radius 1 is 1.28 bits per heavy atom. The van der Waals surface area contributed by atoms with Crippen molar-refractivity contribution >= 4 is 45.8 Å². The van der Waals surface area contributed by atoms with Crippen LogP contribution in [0.2, 0.25) is 0 Å². The van der Waals surface area contributed by atoms with Gasteiger partial charge in [0.15, 0.2) is 0 Å². The van der Waals surface area contributed by atoms with Crippen LogP contribution in [0, 0.1) is 13.7 Å². The molecule has 1 aliphatic rings. The largest absolute Gasteiger partial charge is 0.353 e. The lowest BCUT2D eigenvalue weighted by molar-refractivity contribution is -0.385. The molecule has 8 heteroatoms. The number of imide groups is 1. The average Bonchev–Trinajstić information content (AvgIpc) is 2.26. The summed E-state index contributed by atoms with van der Waals surface area (Å²) < 4.78 is 0.466. The summed E-state index contributed by atoms with van der Waals surface area (Å²) in [6.45, 7) is 0.138. The van der Waals surface area contributed by atoms with Crippen LogP contribution in [0.15, 0.2) is 18.2 Å². The average molecular weight is 361 g/mol. The Hall–Kier alpha value is -1.71. The van der Waals surface area contributed by atoms with Crippen LogP contribution in [0.4, 0.5) is 11.4 Å². The normalized spacial score (nSPS) is 15.5. The van der Waals surface area contributed by atoms with Crippen molar-refractivity contribution in [1.29, 1.82) is 0 Å². The number of halogens is 1. The molecule has 1 saturated heterocycles.